The molecule has 2 unspecified atom stereocenters. The molecule has 1 heterocycles. The van der Waals surface area contributed by atoms with Gasteiger partial charge in [-0.2, -0.15) is 0 Å². The van der Waals surface area contributed by atoms with E-state index in [0.717, 1.165) is 28.7 Å². The number of nitrogens with zero attached hydrogens (tertiary/aromatic N) is 1. The summed E-state index contributed by atoms with van der Waals surface area (Å²) in [6.07, 6.45) is 1.22. The van der Waals surface area contributed by atoms with Crippen molar-refractivity contribution in [1.29, 1.82) is 0 Å². The van der Waals surface area contributed by atoms with Gasteiger partial charge in [-0.15, -0.1) is 0 Å². The molecule has 2 rings (SSSR count). The SMILES string of the molecule is Cc1cccc(C(=O)N2CC(C)CC(C)C2)c1Br. The summed E-state index contributed by atoms with van der Waals surface area (Å²) in [5.74, 6) is 1.35. The van der Waals surface area contributed by atoms with Crippen molar-refractivity contribution in [3.05, 3.63) is 33.8 Å². The number of benzene rings is 1. The van der Waals surface area contributed by atoms with Crippen molar-refractivity contribution in [3.8, 4) is 0 Å². The van der Waals surface area contributed by atoms with Crippen LogP contribution >= 0.6 is 15.9 Å². The normalized spacial score (nSPS) is 24.1. The Morgan fingerprint density at radius 2 is 1.89 bits per heavy atom. The van der Waals surface area contributed by atoms with Gasteiger partial charge in [0.1, 0.15) is 0 Å². The van der Waals surface area contributed by atoms with Gasteiger partial charge in [-0.25, -0.2) is 0 Å². The second-order valence-electron chi connectivity index (χ2n) is 5.59. The quantitative estimate of drug-likeness (QED) is 0.771. The first-order valence-corrected chi connectivity index (χ1v) is 7.32. The summed E-state index contributed by atoms with van der Waals surface area (Å²) < 4.78 is 0.931. The fourth-order valence-corrected chi connectivity index (χ4v) is 3.25. The Labute approximate surface area is 117 Å². The van der Waals surface area contributed by atoms with E-state index < -0.39 is 0 Å². The molecule has 1 aliphatic rings. The van der Waals surface area contributed by atoms with E-state index in [-0.39, 0.29) is 5.91 Å². The Hall–Kier alpha value is -0.830. The lowest BCUT2D eigenvalue weighted by Crippen LogP contribution is -2.42. The average molecular weight is 310 g/mol. The van der Waals surface area contributed by atoms with E-state index in [1.54, 1.807) is 0 Å². The van der Waals surface area contributed by atoms with Crippen LogP contribution in [-0.2, 0) is 0 Å². The molecule has 0 saturated carbocycles. The predicted molar refractivity (Wildman–Crippen MR) is 77.7 cm³/mol. The van der Waals surface area contributed by atoms with Gasteiger partial charge >= 0.3 is 0 Å². The van der Waals surface area contributed by atoms with Crippen LogP contribution in [0.3, 0.4) is 0 Å². The molecule has 1 aliphatic heterocycles. The zero-order valence-corrected chi connectivity index (χ0v) is 12.8. The van der Waals surface area contributed by atoms with Crippen LogP contribution in [0.4, 0.5) is 0 Å². The molecule has 1 aromatic rings. The van der Waals surface area contributed by atoms with Crippen molar-refractivity contribution < 1.29 is 4.79 Å². The van der Waals surface area contributed by atoms with E-state index in [0.29, 0.717) is 11.8 Å². The minimum absolute atomic E-state index is 0.156. The molecule has 98 valence electrons. The maximum atomic E-state index is 12.6. The third-order valence-electron chi connectivity index (χ3n) is 3.58. The number of carbonyl (C=O) groups excluding carboxylic acids is 1. The summed E-state index contributed by atoms with van der Waals surface area (Å²) in [7, 11) is 0. The Kier molecular flexibility index (Phi) is 4.10. The summed E-state index contributed by atoms with van der Waals surface area (Å²) in [6, 6.07) is 5.87. The fraction of sp³-hybridized carbons (Fsp3) is 0.533. The van der Waals surface area contributed by atoms with Crippen LogP contribution in [0.5, 0.6) is 0 Å². The predicted octanol–water partition coefficient (Wildman–Crippen LogP) is 3.88. The summed E-state index contributed by atoms with van der Waals surface area (Å²) in [5.41, 5.74) is 1.90. The molecule has 18 heavy (non-hydrogen) atoms. The molecule has 0 aromatic heterocycles. The van der Waals surface area contributed by atoms with Crippen molar-refractivity contribution in [2.75, 3.05) is 13.1 Å². The van der Waals surface area contributed by atoms with E-state index >= 15 is 0 Å². The topological polar surface area (TPSA) is 20.3 Å². The molecule has 1 fully saturated rings. The van der Waals surface area contributed by atoms with Crippen molar-refractivity contribution in [2.24, 2.45) is 11.8 Å². The first-order valence-electron chi connectivity index (χ1n) is 6.53. The van der Waals surface area contributed by atoms with Gasteiger partial charge in [-0.3, -0.25) is 4.79 Å². The fourth-order valence-electron chi connectivity index (χ4n) is 2.81. The van der Waals surface area contributed by atoms with Crippen LogP contribution in [0.25, 0.3) is 0 Å². The van der Waals surface area contributed by atoms with Crippen LogP contribution in [0.1, 0.15) is 36.2 Å². The highest BCUT2D eigenvalue weighted by Crippen LogP contribution is 2.26. The lowest BCUT2D eigenvalue weighted by molar-refractivity contribution is 0.0622. The van der Waals surface area contributed by atoms with Gasteiger partial charge in [0.2, 0.25) is 0 Å². The maximum absolute atomic E-state index is 12.6. The van der Waals surface area contributed by atoms with Crippen LogP contribution in [0.2, 0.25) is 0 Å². The van der Waals surface area contributed by atoms with Crippen molar-refractivity contribution in [3.63, 3.8) is 0 Å². The summed E-state index contributed by atoms with van der Waals surface area (Å²) in [5, 5.41) is 0. The van der Waals surface area contributed by atoms with Gasteiger partial charge in [0.15, 0.2) is 0 Å². The minimum atomic E-state index is 0.156. The van der Waals surface area contributed by atoms with Crippen LogP contribution in [0.15, 0.2) is 22.7 Å². The third kappa shape index (κ3) is 2.77. The summed E-state index contributed by atoms with van der Waals surface area (Å²) in [6.45, 7) is 8.22. The van der Waals surface area contributed by atoms with Crippen LogP contribution < -0.4 is 0 Å². The zero-order chi connectivity index (χ0) is 13.3. The molecule has 1 saturated heterocycles. The van der Waals surface area contributed by atoms with Gasteiger partial charge in [-0.1, -0.05) is 26.0 Å². The van der Waals surface area contributed by atoms with Gasteiger partial charge in [-0.05, 0) is 52.7 Å². The molecule has 1 amide bonds. The second-order valence-corrected chi connectivity index (χ2v) is 6.39. The minimum Gasteiger partial charge on any atom is -0.338 e. The maximum Gasteiger partial charge on any atom is 0.255 e. The lowest BCUT2D eigenvalue weighted by Gasteiger charge is -2.35. The van der Waals surface area contributed by atoms with E-state index in [4.69, 9.17) is 0 Å². The van der Waals surface area contributed by atoms with E-state index in [9.17, 15) is 4.79 Å². The molecule has 2 nitrogen and oxygen atoms in total. The van der Waals surface area contributed by atoms with Gasteiger partial charge < -0.3 is 4.90 Å². The van der Waals surface area contributed by atoms with Crippen molar-refractivity contribution in [1.82, 2.24) is 4.90 Å². The number of hydrogen-bond donors (Lipinski definition) is 0. The first kappa shape index (κ1) is 13.6. The average Bonchev–Trinajstić information content (AvgIpc) is 2.30. The van der Waals surface area contributed by atoms with E-state index in [2.05, 4.69) is 29.8 Å². The van der Waals surface area contributed by atoms with Crippen LogP contribution in [0, 0.1) is 18.8 Å². The smallest absolute Gasteiger partial charge is 0.255 e. The number of piperidine rings is 1. The molecule has 1 aromatic carbocycles. The number of amides is 1. The van der Waals surface area contributed by atoms with Gasteiger partial charge in [0, 0.05) is 17.6 Å². The Morgan fingerprint density at radius 1 is 1.28 bits per heavy atom. The molecule has 0 aliphatic carbocycles. The third-order valence-corrected chi connectivity index (χ3v) is 4.63. The molecular formula is C15H20BrNO. The highest BCUT2D eigenvalue weighted by molar-refractivity contribution is 9.10. The molecule has 0 N–H and O–H groups in total. The van der Waals surface area contributed by atoms with Crippen molar-refractivity contribution in [2.45, 2.75) is 27.2 Å². The number of hydrogen-bond acceptors (Lipinski definition) is 1. The number of halogens is 1. The molecule has 0 radical (unpaired) electrons. The first-order chi connectivity index (χ1) is 8.49. The molecule has 0 spiro atoms. The number of likely N-dealkylation sites (tertiary alicyclic amines) is 1. The monoisotopic (exact) mass is 309 g/mol. The highest BCUT2D eigenvalue weighted by atomic mass is 79.9. The number of rotatable bonds is 1. The van der Waals surface area contributed by atoms with Gasteiger partial charge in [0.25, 0.3) is 5.91 Å². The standard InChI is InChI=1S/C15H20BrNO/c1-10-7-11(2)9-17(8-10)15(18)13-6-4-5-12(3)14(13)16/h4-6,10-11H,7-9H2,1-3H3. The molecular weight excluding hydrogens is 290 g/mol. The molecule has 3 heteroatoms. The van der Waals surface area contributed by atoms with Crippen molar-refractivity contribution >= 4 is 21.8 Å². The molecule has 2 atom stereocenters. The lowest BCUT2D eigenvalue weighted by atomic mass is 9.91. The van der Waals surface area contributed by atoms with E-state index in [1.165, 1.54) is 6.42 Å². The van der Waals surface area contributed by atoms with Gasteiger partial charge in [0.05, 0.1) is 5.56 Å². The largest absolute Gasteiger partial charge is 0.338 e. The Balaban J connectivity index is 2.23. The Bertz CT molecular complexity index is 448. The van der Waals surface area contributed by atoms with Crippen LogP contribution in [-0.4, -0.2) is 23.9 Å². The van der Waals surface area contributed by atoms with E-state index in [1.807, 2.05) is 30.0 Å². The molecule has 0 bridgehead atoms. The number of aryl methyl sites for hydroxylation is 1. The Morgan fingerprint density at radius 3 is 2.50 bits per heavy atom. The number of carbonyl (C=O) groups is 1. The summed E-state index contributed by atoms with van der Waals surface area (Å²) >= 11 is 3.53. The highest BCUT2D eigenvalue weighted by Gasteiger charge is 2.27. The zero-order valence-electron chi connectivity index (χ0n) is 11.2. The summed E-state index contributed by atoms with van der Waals surface area (Å²) in [4.78, 5) is 14.6. The second kappa shape index (κ2) is 5.43.